The molecule has 1 aromatic heterocycles. The van der Waals surface area contributed by atoms with Crippen molar-refractivity contribution in [3.8, 4) is 0 Å². The fraction of sp³-hybridized carbons (Fsp3) is 0.353. The molecule has 27 heavy (non-hydrogen) atoms. The zero-order chi connectivity index (χ0) is 19.6. The molecule has 0 atom stereocenters. The highest BCUT2D eigenvalue weighted by atomic mass is 32.1. The molecule has 6 nitrogen and oxygen atoms in total. The predicted octanol–water partition coefficient (Wildman–Crippen LogP) is 3.93. The molecule has 0 fully saturated rings. The van der Waals surface area contributed by atoms with Crippen molar-refractivity contribution < 1.29 is 27.5 Å². The first-order valence-electron chi connectivity index (χ1n) is 8.17. The molecule has 144 valence electrons. The van der Waals surface area contributed by atoms with Gasteiger partial charge in [0.15, 0.2) is 5.13 Å². The van der Waals surface area contributed by atoms with Gasteiger partial charge in [0.05, 0.1) is 24.4 Å². The number of benzene rings is 1. The second kappa shape index (κ2) is 7.55. The average Bonchev–Trinajstić information content (AvgIpc) is 3.02. The van der Waals surface area contributed by atoms with E-state index in [-0.39, 0.29) is 5.56 Å². The minimum absolute atomic E-state index is 0.101. The maximum atomic E-state index is 12.6. The lowest BCUT2D eigenvalue weighted by Gasteiger charge is -2.24. The number of nitrogens with zero attached hydrogens (tertiary/aromatic N) is 2. The van der Waals surface area contributed by atoms with Crippen LogP contribution in [0, 0.1) is 0 Å². The highest BCUT2D eigenvalue weighted by molar-refractivity contribution is 7.15. The number of fused-ring (bicyclic) bond motifs is 1. The Morgan fingerprint density at radius 2 is 2.00 bits per heavy atom. The Morgan fingerprint density at radius 1 is 1.30 bits per heavy atom. The lowest BCUT2D eigenvalue weighted by atomic mass is 10.1. The summed E-state index contributed by atoms with van der Waals surface area (Å²) in [7, 11) is 0. The van der Waals surface area contributed by atoms with Gasteiger partial charge in [-0.05, 0) is 31.2 Å². The number of hydrogen-bond acceptors (Lipinski definition) is 5. The molecule has 0 saturated carbocycles. The van der Waals surface area contributed by atoms with Crippen LogP contribution >= 0.6 is 11.3 Å². The van der Waals surface area contributed by atoms with Gasteiger partial charge in [-0.3, -0.25) is 10.1 Å². The molecule has 3 rings (SSSR count). The third-order valence-corrected chi connectivity index (χ3v) is 4.95. The number of anilines is 1. The van der Waals surface area contributed by atoms with Gasteiger partial charge in [-0.2, -0.15) is 13.2 Å². The van der Waals surface area contributed by atoms with E-state index in [1.807, 2.05) is 0 Å². The molecule has 2 amide bonds. The predicted molar refractivity (Wildman–Crippen MR) is 92.6 cm³/mol. The summed E-state index contributed by atoms with van der Waals surface area (Å²) in [4.78, 5) is 30.8. The quantitative estimate of drug-likeness (QED) is 0.849. The summed E-state index contributed by atoms with van der Waals surface area (Å²) in [5.74, 6) is -0.544. The van der Waals surface area contributed by atoms with Crippen LogP contribution in [0.1, 0.15) is 33.4 Å². The van der Waals surface area contributed by atoms with Gasteiger partial charge in [0.25, 0.3) is 5.91 Å². The lowest BCUT2D eigenvalue weighted by molar-refractivity contribution is -0.137. The minimum Gasteiger partial charge on any atom is -0.450 e. The van der Waals surface area contributed by atoms with Gasteiger partial charge in [0.1, 0.15) is 0 Å². The highest BCUT2D eigenvalue weighted by Crippen LogP contribution is 2.30. The van der Waals surface area contributed by atoms with Crippen LogP contribution in [0.4, 0.5) is 23.1 Å². The summed E-state index contributed by atoms with van der Waals surface area (Å²) in [6.45, 7) is 2.85. The van der Waals surface area contributed by atoms with Gasteiger partial charge in [0, 0.05) is 23.4 Å². The molecule has 0 unspecified atom stereocenters. The van der Waals surface area contributed by atoms with Crippen LogP contribution in [-0.4, -0.2) is 35.0 Å². The Kier molecular flexibility index (Phi) is 5.36. The molecule has 1 aromatic carbocycles. The van der Waals surface area contributed by atoms with E-state index in [0.717, 1.165) is 34.8 Å². The number of carbonyl (C=O) groups excluding carboxylic acids is 2. The molecule has 0 saturated heterocycles. The van der Waals surface area contributed by atoms with Crippen molar-refractivity contribution in [1.29, 1.82) is 0 Å². The number of ether oxygens (including phenoxy) is 1. The molecular weight excluding hydrogens is 383 g/mol. The monoisotopic (exact) mass is 399 g/mol. The molecule has 1 aliphatic heterocycles. The Hall–Kier alpha value is -2.62. The van der Waals surface area contributed by atoms with Crippen LogP contribution in [0.15, 0.2) is 24.3 Å². The normalized spacial score (nSPS) is 13.9. The van der Waals surface area contributed by atoms with Gasteiger partial charge in [0.2, 0.25) is 0 Å². The van der Waals surface area contributed by atoms with Crippen molar-refractivity contribution in [2.45, 2.75) is 26.1 Å². The third-order valence-electron chi connectivity index (χ3n) is 3.95. The van der Waals surface area contributed by atoms with Gasteiger partial charge >= 0.3 is 12.3 Å². The van der Waals surface area contributed by atoms with E-state index in [2.05, 4.69) is 10.3 Å². The molecule has 10 heteroatoms. The van der Waals surface area contributed by atoms with E-state index in [9.17, 15) is 22.8 Å². The number of carbonyl (C=O) groups is 2. The smallest absolute Gasteiger partial charge is 0.416 e. The summed E-state index contributed by atoms with van der Waals surface area (Å²) >= 11 is 1.23. The molecule has 2 aromatic rings. The van der Waals surface area contributed by atoms with Crippen LogP contribution < -0.4 is 5.32 Å². The van der Waals surface area contributed by atoms with E-state index >= 15 is 0 Å². The zero-order valence-corrected chi connectivity index (χ0v) is 15.1. The molecule has 2 heterocycles. The van der Waals surface area contributed by atoms with Crippen molar-refractivity contribution in [3.05, 3.63) is 46.0 Å². The van der Waals surface area contributed by atoms with Gasteiger partial charge < -0.3 is 9.64 Å². The maximum Gasteiger partial charge on any atom is 0.416 e. The molecule has 0 aliphatic carbocycles. The summed E-state index contributed by atoms with van der Waals surface area (Å²) < 4.78 is 42.7. The minimum atomic E-state index is -4.45. The summed E-state index contributed by atoms with van der Waals surface area (Å²) in [5.41, 5.74) is 0.0791. The zero-order valence-electron chi connectivity index (χ0n) is 14.3. The van der Waals surface area contributed by atoms with Gasteiger partial charge in [-0.15, -0.1) is 0 Å². The van der Waals surface area contributed by atoms with E-state index in [1.165, 1.54) is 11.3 Å². The number of alkyl halides is 3. The molecule has 0 spiro atoms. The molecule has 0 radical (unpaired) electrons. The molecule has 0 bridgehead atoms. The number of thiazole rings is 1. The van der Waals surface area contributed by atoms with E-state index in [1.54, 1.807) is 11.8 Å². The SMILES string of the molecule is CCOC(=O)N1CCc2nc(NC(=O)c3ccc(C(F)(F)F)cc3)sc2C1. The Morgan fingerprint density at radius 3 is 2.63 bits per heavy atom. The van der Waals surface area contributed by atoms with Crippen molar-refractivity contribution in [3.63, 3.8) is 0 Å². The number of aromatic nitrogens is 1. The van der Waals surface area contributed by atoms with Gasteiger partial charge in [-0.1, -0.05) is 11.3 Å². The fourth-order valence-electron chi connectivity index (χ4n) is 2.60. The number of halogens is 3. The first kappa shape index (κ1) is 19.2. The fourth-order valence-corrected chi connectivity index (χ4v) is 3.62. The standard InChI is InChI=1S/C17H16F3N3O3S/c1-2-26-16(25)23-8-7-12-13(9-23)27-15(21-12)22-14(24)10-3-5-11(6-4-10)17(18,19)20/h3-6H,2,7-9H2,1H3,(H,21,22,24). The Bertz CT molecular complexity index is 849. The van der Waals surface area contributed by atoms with Crippen molar-refractivity contribution >= 4 is 28.5 Å². The summed E-state index contributed by atoms with van der Waals surface area (Å²) in [6, 6.07) is 3.96. The molecular formula is C17H16F3N3O3S. The van der Waals surface area contributed by atoms with Crippen LogP contribution in [0.2, 0.25) is 0 Å². The van der Waals surface area contributed by atoms with E-state index in [0.29, 0.717) is 31.2 Å². The van der Waals surface area contributed by atoms with Crippen LogP contribution in [0.5, 0.6) is 0 Å². The van der Waals surface area contributed by atoms with E-state index < -0.39 is 23.7 Å². The Labute approximate surface area is 157 Å². The average molecular weight is 399 g/mol. The maximum absolute atomic E-state index is 12.6. The second-order valence-corrected chi connectivity index (χ2v) is 6.87. The molecule has 1 N–H and O–H groups in total. The summed E-state index contributed by atoms with van der Waals surface area (Å²) in [6.07, 6.45) is -4.30. The first-order valence-corrected chi connectivity index (χ1v) is 8.98. The van der Waals surface area contributed by atoms with Crippen molar-refractivity contribution in [2.75, 3.05) is 18.5 Å². The van der Waals surface area contributed by atoms with Crippen molar-refractivity contribution in [2.24, 2.45) is 0 Å². The summed E-state index contributed by atoms with van der Waals surface area (Å²) in [5, 5.41) is 2.94. The largest absolute Gasteiger partial charge is 0.450 e. The topological polar surface area (TPSA) is 71.5 Å². The van der Waals surface area contributed by atoms with Crippen LogP contribution in [0.3, 0.4) is 0 Å². The highest BCUT2D eigenvalue weighted by Gasteiger charge is 2.30. The lowest BCUT2D eigenvalue weighted by Crippen LogP contribution is -2.35. The second-order valence-electron chi connectivity index (χ2n) is 5.79. The van der Waals surface area contributed by atoms with Crippen LogP contribution in [0.25, 0.3) is 0 Å². The number of nitrogens with one attached hydrogen (secondary N) is 1. The first-order chi connectivity index (χ1) is 12.8. The number of rotatable bonds is 3. The number of hydrogen-bond donors (Lipinski definition) is 1. The number of amides is 2. The Balaban J connectivity index is 1.67. The van der Waals surface area contributed by atoms with E-state index in [4.69, 9.17) is 4.74 Å². The van der Waals surface area contributed by atoms with Crippen LogP contribution in [-0.2, 0) is 23.9 Å². The third kappa shape index (κ3) is 4.38. The van der Waals surface area contributed by atoms with Gasteiger partial charge in [-0.25, -0.2) is 9.78 Å². The molecule has 1 aliphatic rings. The van der Waals surface area contributed by atoms with Crippen molar-refractivity contribution in [1.82, 2.24) is 9.88 Å².